The lowest BCUT2D eigenvalue weighted by molar-refractivity contribution is -0.132. The average Bonchev–Trinajstić information content (AvgIpc) is 2.29. The summed E-state index contributed by atoms with van der Waals surface area (Å²) in [5.41, 5.74) is 1.30. The van der Waals surface area contributed by atoms with Gasteiger partial charge in [-0.25, -0.2) is 4.79 Å². The number of hydrogen-bond acceptors (Lipinski definition) is 3. The number of nitrogens with zero attached hydrogens (tertiary/aromatic N) is 1. The molecular weight excluding hydrogens is 204 g/mol. The van der Waals surface area contributed by atoms with Gasteiger partial charge in [-0.2, -0.15) is 0 Å². The van der Waals surface area contributed by atoms with Gasteiger partial charge in [-0.05, 0) is 26.0 Å². The van der Waals surface area contributed by atoms with E-state index in [0.29, 0.717) is 12.1 Å². The van der Waals surface area contributed by atoms with Crippen LogP contribution in [0.3, 0.4) is 0 Å². The first-order valence-corrected chi connectivity index (χ1v) is 5.15. The second-order valence-electron chi connectivity index (χ2n) is 3.58. The van der Waals surface area contributed by atoms with Crippen LogP contribution >= 0.6 is 0 Å². The van der Waals surface area contributed by atoms with Gasteiger partial charge in [0.05, 0.1) is 5.69 Å². The van der Waals surface area contributed by atoms with E-state index >= 15 is 0 Å². The number of rotatable bonds is 5. The van der Waals surface area contributed by atoms with Gasteiger partial charge in [-0.3, -0.25) is 4.98 Å². The van der Waals surface area contributed by atoms with E-state index in [-0.39, 0.29) is 6.04 Å². The lowest BCUT2D eigenvalue weighted by Gasteiger charge is -2.11. The molecule has 0 amide bonds. The molecular formula is C12H16N2O2. The molecule has 1 rings (SSSR count). The third-order valence-electron chi connectivity index (χ3n) is 2.30. The summed E-state index contributed by atoms with van der Waals surface area (Å²) in [5.74, 6) is -0.882. The quantitative estimate of drug-likeness (QED) is 0.742. The zero-order valence-electron chi connectivity index (χ0n) is 9.47. The predicted molar refractivity (Wildman–Crippen MR) is 62.0 cm³/mol. The number of carboxylic acids is 1. The fraction of sp³-hybridized carbons (Fsp3) is 0.333. The summed E-state index contributed by atoms with van der Waals surface area (Å²) in [5, 5.41) is 11.8. The van der Waals surface area contributed by atoms with Crippen LogP contribution < -0.4 is 5.32 Å². The van der Waals surface area contributed by atoms with Crippen LogP contribution in [0.15, 0.2) is 36.0 Å². The first kappa shape index (κ1) is 12.4. The lowest BCUT2D eigenvalue weighted by atomic mass is 10.2. The van der Waals surface area contributed by atoms with Gasteiger partial charge in [0.25, 0.3) is 0 Å². The minimum Gasteiger partial charge on any atom is -0.478 e. The normalized spacial score (nSPS) is 13.5. The Morgan fingerprint density at radius 1 is 1.62 bits per heavy atom. The fourth-order valence-electron chi connectivity index (χ4n) is 1.21. The molecule has 1 unspecified atom stereocenters. The van der Waals surface area contributed by atoms with Gasteiger partial charge < -0.3 is 10.4 Å². The molecule has 0 aliphatic carbocycles. The molecule has 86 valence electrons. The molecule has 1 aromatic rings. The Labute approximate surface area is 95.0 Å². The Balaban J connectivity index is 2.45. The standard InChI is InChI=1S/C12H16N2O2/c1-9(12(15)16)6-8-13-10(2)11-5-3-4-7-14-11/h3-7,10,13H,8H2,1-2H3,(H,15,16)/b9-6-. The number of carboxylic acid groups (broad SMARTS) is 1. The van der Waals surface area contributed by atoms with Crippen LogP contribution in [0.25, 0.3) is 0 Å². The van der Waals surface area contributed by atoms with Crippen molar-refractivity contribution in [3.8, 4) is 0 Å². The number of hydrogen-bond donors (Lipinski definition) is 2. The molecule has 4 nitrogen and oxygen atoms in total. The molecule has 1 atom stereocenters. The van der Waals surface area contributed by atoms with Crippen LogP contribution in [0.2, 0.25) is 0 Å². The van der Waals surface area contributed by atoms with Gasteiger partial charge in [0.15, 0.2) is 0 Å². The number of aromatic nitrogens is 1. The minimum absolute atomic E-state index is 0.110. The largest absolute Gasteiger partial charge is 0.478 e. The first-order chi connectivity index (χ1) is 7.61. The van der Waals surface area contributed by atoms with E-state index in [4.69, 9.17) is 5.11 Å². The molecule has 0 aliphatic heterocycles. The number of carbonyl (C=O) groups is 1. The summed E-state index contributed by atoms with van der Waals surface area (Å²) in [7, 11) is 0. The van der Waals surface area contributed by atoms with Crippen molar-refractivity contribution in [3.63, 3.8) is 0 Å². The van der Waals surface area contributed by atoms with E-state index in [1.807, 2.05) is 25.1 Å². The van der Waals surface area contributed by atoms with Crippen molar-refractivity contribution >= 4 is 5.97 Å². The van der Waals surface area contributed by atoms with Crippen molar-refractivity contribution in [2.24, 2.45) is 0 Å². The fourth-order valence-corrected chi connectivity index (χ4v) is 1.21. The zero-order valence-corrected chi connectivity index (χ0v) is 9.47. The summed E-state index contributed by atoms with van der Waals surface area (Å²) in [6.45, 7) is 4.09. The van der Waals surface area contributed by atoms with Crippen LogP contribution in [0.4, 0.5) is 0 Å². The Kier molecular flexibility index (Phi) is 4.66. The third-order valence-corrected chi connectivity index (χ3v) is 2.30. The molecule has 0 spiro atoms. The Bertz CT molecular complexity index is 374. The highest BCUT2D eigenvalue weighted by atomic mass is 16.4. The van der Waals surface area contributed by atoms with Crippen LogP contribution in [0.5, 0.6) is 0 Å². The van der Waals surface area contributed by atoms with E-state index < -0.39 is 5.97 Å². The molecule has 0 saturated carbocycles. The van der Waals surface area contributed by atoms with Gasteiger partial charge in [-0.15, -0.1) is 0 Å². The molecule has 1 aromatic heterocycles. The first-order valence-electron chi connectivity index (χ1n) is 5.15. The minimum atomic E-state index is -0.882. The Hall–Kier alpha value is -1.68. The lowest BCUT2D eigenvalue weighted by Crippen LogP contribution is -2.20. The predicted octanol–water partition coefficient (Wildman–Crippen LogP) is 1.76. The Morgan fingerprint density at radius 2 is 2.38 bits per heavy atom. The van der Waals surface area contributed by atoms with Gasteiger partial charge in [0.2, 0.25) is 0 Å². The highest BCUT2D eigenvalue weighted by molar-refractivity contribution is 5.85. The van der Waals surface area contributed by atoms with Crippen molar-refractivity contribution in [2.75, 3.05) is 6.54 Å². The maximum Gasteiger partial charge on any atom is 0.330 e. The topological polar surface area (TPSA) is 62.2 Å². The monoisotopic (exact) mass is 220 g/mol. The molecule has 4 heteroatoms. The highest BCUT2D eigenvalue weighted by Crippen LogP contribution is 2.07. The van der Waals surface area contributed by atoms with Crippen molar-refractivity contribution in [2.45, 2.75) is 19.9 Å². The number of nitrogens with one attached hydrogen (secondary N) is 1. The number of pyridine rings is 1. The molecule has 0 radical (unpaired) electrons. The number of aliphatic carboxylic acids is 1. The summed E-state index contributed by atoms with van der Waals surface area (Å²) in [4.78, 5) is 14.7. The molecule has 0 aromatic carbocycles. The van der Waals surface area contributed by atoms with Gasteiger partial charge in [0.1, 0.15) is 0 Å². The van der Waals surface area contributed by atoms with Crippen LogP contribution in [0.1, 0.15) is 25.6 Å². The SMILES string of the molecule is C/C(=C/CNC(C)c1ccccn1)C(=O)O. The van der Waals surface area contributed by atoms with Crippen LogP contribution in [0, 0.1) is 0 Å². The van der Waals surface area contributed by atoms with E-state index in [9.17, 15) is 4.79 Å². The molecule has 0 aliphatic rings. The zero-order chi connectivity index (χ0) is 12.0. The average molecular weight is 220 g/mol. The maximum absolute atomic E-state index is 10.5. The van der Waals surface area contributed by atoms with Gasteiger partial charge >= 0.3 is 5.97 Å². The van der Waals surface area contributed by atoms with Crippen LogP contribution in [-0.4, -0.2) is 22.6 Å². The van der Waals surface area contributed by atoms with Crippen molar-refractivity contribution in [1.82, 2.24) is 10.3 Å². The van der Waals surface area contributed by atoms with E-state index in [0.717, 1.165) is 5.69 Å². The molecule has 0 bridgehead atoms. The second kappa shape index (κ2) is 6.02. The second-order valence-corrected chi connectivity index (χ2v) is 3.58. The molecule has 1 heterocycles. The summed E-state index contributed by atoms with van der Waals surface area (Å²) in [6, 6.07) is 5.84. The van der Waals surface area contributed by atoms with E-state index in [1.165, 1.54) is 0 Å². The summed E-state index contributed by atoms with van der Waals surface area (Å²) >= 11 is 0. The summed E-state index contributed by atoms with van der Waals surface area (Å²) < 4.78 is 0. The van der Waals surface area contributed by atoms with Crippen molar-refractivity contribution in [1.29, 1.82) is 0 Å². The third kappa shape index (κ3) is 3.82. The smallest absolute Gasteiger partial charge is 0.330 e. The summed E-state index contributed by atoms with van der Waals surface area (Å²) in [6.07, 6.45) is 3.40. The van der Waals surface area contributed by atoms with Gasteiger partial charge in [-0.1, -0.05) is 12.1 Å². The van der Waals surface area contributed by atoms with E-state index in [2.05, 4.69) is 10.3 Å². The highest BCUT2D eigenvalue weighted by Gasteiger charge is 2.04. The van der Waals surface area contributed by atoms with E-state index in [1.54, 1.807) is 19.2 Å². The van der Waals surface area contributed by atoms with Crippen molar-refractivity contribution < 1.29 is 9.90 Å². The van der Waals surface area contributed by atoms with Crippen molar-refractivity contribution in [3.05, 3.63) is 41.7 Å². The molecule has 16 heavy (non-hydrogen) atoms. The van der Waals surface area contributed by atoms with Gasteiger partial charge in [0, 0.05) is 24.4 Å². The maximum atomic E-state index is 10.5. The Morgan fingerprint density at radius 3 is 2.94 bits per heavy atom. The molecule has 0 saturated heterocycles. The molecule has 0 fully saturated rings. The molecule has 2 N–H and O–H groups in total. The van der Waals surface area contributed by atoms with Crippen LogP contribution in [-0.2, 0) is 4.79 Å².